The Morgan fingerprint density at radius 3 is 2.46 bits per heavy atom. The van der Waals surface area contributed by atoms with Crippen LogP contribution in [0, 0.1) is 0 Å². The average molecular weight is 508 g/mol. The van der Waals surface area contributed by atoms with Gasteiger partial charge in [-0.15, -0.1) is 0 Å². The summed E-state index contributed by atoms with van der Waals surface area (Å²) in [6, 6.07) is 7.97. The van der Waals surface area contributed by atoms with Crippen LogP contribution in [-0.4, -0.2) is 89.6 Å². The topological polar surface area (TPSA) is 105 Å². The Hall–Kier alpha value is -2.75. The number of esters is 1. The summed E-state index contributed by atoms with van der Waals surface area (Å²) in [4.78, 5) is 54.5. The molecule has 9 nitrogen and oxygen atoms in total. The quantitative estimate of drug-likeness (QED) is 0.485. The average Bonchev–Trinajstić information content (AvgIpc) is 2.80. The lowest BCUT2D eigenvalue weighted by molar-refractivity contribution is -0.162. The maximum atomic E-state index is 13.6. The van der Waals surface area contributed by atoms with Gasteiger partial charge >= 0.3 is 12.1 Å². The third kappa shape index (κ3) is 8.76. The molecule has 1 aromatic carbocycles. The molecule has 0 spiro atoms. The summed E-state index contributed by atoms with van der Waals surface area (Å²) in [5, 5.41) is 2.47. The van der Waals surface area contributed by atoms with Crippen molar-refractivity contribution in [1.29, 1.82) is 0 Å². The number of benzene rings is 1. The van der Waals surface area contributed by atoms with Crippen LogP contribution in [-0.2, 0) is 30.3 Å². The molecular formula is C25H37N3O6S. The highest BCUT2D eigenvalue weighted by Gasteiger charge is 2.42. The number of hydrogen-bond donors (Lipinski definition) is 1. The summed E-state index contributed by atoms with van der Waals surface area (Å²) in [6.45, 7) is 7.33. The van der Waals surface area contributed by atoms with Gasteiger partial charge in [0.2, 0.25) is 11.8 Å². The van der Waals surface area contributed by atoms with Gasteiger partial charge in [-0.05, 0) is 51.7 Å². The second-order valence-electron chi connectivity index (χ2n) is 9.23. The van der Waals surface area contributed by atoms with Crippen molar-refractivity contribution in [3.63, 3.8) is 0 Å². The van der Waals surface area contributed by atoms with Crippen LogP contribution in [0.15, 0.2) is 30.3 Å². The molecule has 35 heavy (non-hydrogen) atoms. The number of piperazine rings is 1. The van der Waals surface area contributed by atoms with Gasteiger partial charge in [0, 0.05) is 19.5 Å². The monoisotopic (exact) mass is 507 g/mol. The molecule has 0 saturated carbocycles. The minimum absolute atomic E-state index is 0.198. The molecule has 0 aliphatic carbocycles. The van der Waals surface area contributed by atoms with E-state index >= 15 is 0 Å². The van der Waals surface area contributed by atoms with Crippen LogP contribution < -0.4 is 5.32 Å². The molecule has 1 heterocycles. The maximum Gasteiger partial charge on any atom is 0.408 e. The van der Waals surface area contributed by atoms with Crippen LogP contribution in [0.3, 0.4) is 0 Å². The first-order valence-corrected chi connectivity index (χ1v) is 13.2. The van der Waals surface area contributed by atoms with Crippen LogP contribution in [0.1, 0.15) is 39.7 Å². The highest BCUT2D eigenvalue weighted by Crippen LogP contribution is 2.21. The van der Waals surface area contributed by atoms with Crippen molar-refractivity contribution in [2.24, 2.45) is 0 Å². The molecule has 194 valence electrons. The fourth-order valence-electron chi connectivity index (χ4n) is 3.88. The van der Waals surface area contributed by atoms with E-state index in [1.54, 1.807) is 44.4 Å². The Kier molecular flexibility index (Phi) is 10.9. The highest BCUT2D eigenvalue weighted by molar-refractivity contribution is 7.98. The Labute approximate surface area is 211 Å². The van der Waals surface area contributed by atoms with Crippen LogP contribution in [0.25, 0.3) is 0 Å². The minimum atomic E-state index is -0.779. The van der Waals surface area contributed by atoms with Gasteiger partial charge in [0.25, 0.3) is 0 Å². The molecule has 1 saturated heterocycles. The first kappa shape index (κ1) is 28.5. The third-order valence-electron chi connectivity index (χ3n) is 5.43. The lowest BCUT2D eigenvalue weighted by Gasteiger charge is -2.43. The largest absolute Gasteiger partial charge is 0.464 e. The fraction of sp³-hybridized carbons (Fsp3) is 0.600. The summed E-state index contributed by atoms with van der Waals surface area (Å²) in [7, 11) is 0. The van der Waals surface area contributed by atoms with Gasteiger partial charge in [-0.2, -0.15) is 11.8 Å². The summed E-state index contributed by atoms with van der Waals surface area (Å²) < 4.78 is 10.5. The van der Waals surface area contributed by atoms with E-state index in [9.17, 15) is 19.2 Å². The SMILES string of the molecule is CCOC(=O)[C@H](Cc1ccccc1)N1CCN(C(=O)CNC(=O)OC(C)(C)C)[C@@H](CCSC)C1=O. The van der Waals surface area contributed by atoms with Gasteiger partial charge in [0.15, 0.2) is 0 Å². The Balaban J connectivity index is 2.18. The molecule has 0 unspecified atom stereocenters. The highest BCUT2D eigenvalue weighted by atomic mass is 32.2. The zero-order chi connectivity index (χ0) is 26.0. The number of carbonyl (C=O) groups excluding carboxylic acids is 4. The summed E-state index contributed by atoms with van der Waals surface area (Å²) in [5.74, 6) is -0.452. The molecule has 3 amide bonds. The van der Waals surface area contributed by atoms with Crippen LogP contribution in [0.5, 0.6) is 0 Å². The first-order chi connectivity index (χ1) is 16.6. The molecule has 2 rings (SSSR count). The van der Waals surface area contributed by atoms with E-state index in [1.807, 2.05) is 36.6 Å². The number of carbonyl (C=O) groups is 4. The van der Waals surface area contributed by atoms with E-state index in [0.29, 0.717) is 18.6 Å². The predicted molar refractivity (Wildman–Crippen MR) is 135 cm³/mol. The smallest absolute Gasteiger partial charge is 0.408 e. The van der Waals surface area contributed by atoms with Gasteiger partial charge in [-0.3, -0.25) is 9.59 Å². The molecule has 0 radical (unpaired) electrons. The van der Waals surface area contributed by atoms with E-state index < -0.39 is 29.7 Å². The molecule has 1 aromatic rings. The lowest BCUT2D eigenvalue weighted by Crippen LogP contribution is -2.63. The summed E-state index contributed by atoms with van der Waals surface area (Å²) >= 11 is 1.57. The van der Waals surface area contributed by atoms with Crippen molar-refractivity contribution in [3.8, 4) is 0 Å². The molecule has 2 atom stereocenters. The van der Waals surface area contributed by atoms with E-state index in [-0.39, 0.29) is 38.1 Å². The molecule has 1 aliphatic heterocycles. The molecule has 1 aliphatic rings. The van der Waals surface area contributed by atoms with Crippen molar-refractivity contribution in [2.45, 2.75) is 58.2 Å². The van der Waals surface area contributed by atoms with Crippen LogP contribution >= 0.6 is 11.8 Å². The zero-order valence-electron chi connectivity index (χ0n) is 21.2. The number of hydrogen-bond acceptors (Lipinski definition) is 7. The number of ether oxygens (including phenoxy) is 2. The van der Waals surface area contributed by atoms with Crippen molar-refractivity contribution < 1.29 is 28.7 Å². The number of nitrogens with one attached hydrogen (secondary N) is 1. The fourth-order valence-corrected chi connectivity index (χ4v) is 4.34. The van der Waals surface area contributed by atoms with Gasteiger partial charge in [0.05, 0.1) is 6.61 Å². The van der Waals surface area contributed by atoms with Gasteiger partial charge < -0.3 is 24.6 Å². The molecule has 1 N–H and O–H groups in total. The number of thioether (sulfide) groups is 1. The number of amides is 3. The first-order valence-electron chi connectivity index (χ1n) is 11.8. The second kappa shape index (κ2) is 13.4. The Morgan fingerprint density at radius 2 is 1.86 bits per heavy atom. The maximum absolute atomic E-state index is 13.6. The minimum Gasteiger partial charge on any atom is -0.464 e. The third-order valence-corrected chi connectivity index (χ3v) is 6.08. The summed E-state index contributed by atoms with van der Waals surface area (Å²) in [5.41, 5.74) is 0.232. The predicted octanol–water partition coefficient (Wildman–Crippen LogP) is 2.48. The van der Waals surface area contributed by atoms with Crippen molar-refractivity contribution in [3.05, 3.63) is 35.9 Å². The van der Waals surface area contributed by atoms with E-state index in [0.717, 1.165) is 5.56 Å². The van der Waals surface area contributed by atoms with E-state index in [1.165, 1.54) is 4.90 Å². The van der Waals surface area contributed by atoms with Crippen LogP contribution in [0.2, 0.25) is 0 Å². The molecule has 10 heteroatoms. The standard InChI is InChI=1S/C25H37N3O6S/c1-6-33-23(31)20(16-18-10-8-7-9-11-18)28-14-13-27(19(22(28)30)12-15-35-5)21(29)17-26-24(32)34-25(2,3)4/h7-11,19-20H,6,12-17H2,1-5H3,(H,26,32)/t19-,20-/m0/s1. The van der Waals surface area contributed by atoms with Crippen molar-refractivity contribution >= 4 is 35.6 Å². The lowest BCUT2D eigenvalue weighted by atomic mass is 10.0. The van der Waals surface area contributed by atoms with E-state index in [2.05, 4.69) is 5.32 Å². The Bertz CT molecular complexity index is 874. The van der Waals surface area contributed by atoms with Crippen molar-refractivity contribution in [2.75, 3.05) is 38.2 Å². The van der Waals surface area contributed by atoms with Gasteiger partial charge in [-0.25, -0.2) is 9.59 Å². The second-order valence-corrected chi connectivity index (χ2v) is 10.2. The van der Waals surface area contributed by atoms with Gasteiger partial charge in [-0.1, -0.05) is 30.3 Å². The molecular weight excluding hydrogens is 470 g/mol. The normalized spacial score (nSPS) is 17.1. The van der Waals surface area contributed by atoms with Gasteiger partial charge in [0.1, 0.15) is 24.2 Å². The number of rotatable bonds is 10. The Morgan fingerprint density at radius 1 is 1.17 bits per heavy atom. The summed E-state index contributed by atoms with van der Waals surface area (Å²) in [6.07, 6.45) is 2.00. The number of nitrogens with zero attached hydrogens (tertiary/aromatic N) is 2. The van der Waals surface area contributed by atoms with Crippen molar-refractivity contribution in [1.82, 2.24) is 15.1 Å². The molecule has 0 aromatic heterocycles. The van der Waals surface area contributed by atoms with Crippen LogP contribution in [0.4, 0.5) is 4.79 Å². The number of alkyl carbamates (subject to hydrolysis) is 1. The zero-order valence-corrected chi connectivity index (χ0v) is 22.1. The molecule has 0 bridgehead atoms. The van der Waals surface area contributed by atoms with E-state index in [4.69, 9.17) is 9.47 Å². The molecule has 1 fully saturated rings.